The molecule has 2 aromatic carbocycles. The molecular formula is C25H31F3N2O3. The smallest absolute Gasteiger partial charge is 0.416 e. The molecule has 1 amide bonds. The van der Waals surface area contributed by atoms with Crippen molar-refractivity contribution in [2.75, 3.05) is 33.4 Å². The number of nitrogens with one attached hydrogen (secondary N) is 1. The molecule has 0 bridgehead atoms. The summed E-state index contributed by atoms with van der Waals surface area (Å²) in [7, 11) is 1.61. The quantitative estimate of drug-likeness (QED) is 0.522. The molecule has 0 aromatic heterocycles. The summed E-state index contributed by atoms with van der Waals surface area (Å²) in [6, 6.07) is 10.1. The van der Waals surface area contributed by atoms with E-state index in [1.54, 1.807) is 7.11 Å². The van der Waals surface area contributed by atoms with Gasteiger partial charge in [-0.05, 0) is 73.7 Å². The average molecular weight is 465 g/mol. The monoisotopic (exact) mass is 464 g/mol. The van der Waals surface area contributed by atoms with Crippen LogP contribution in [0.15, 0.2) is 42.5 Å². The number of hydrogen-bond donors (Lipinski definition) is 1. The Labute approximate surface area is 192 Å². The van der Waals surface area contributed by atoms with Crippen LogP contribution in [0.4, 0.5) is 13.2 Å². The second-order valence-corrected chi connectivity index (χ2v) is 8.50. The fourth-order valence-electron chi connectivity index (χ4n) is 3.99. The van der Waals surface area contributed by atoms with Crippen molar-refractivity contribution in [3.8, 4) is 11.5 Å². The van der Waals surface area contributed by atoms with Gasteiger partial charge in [0.1, 0.15) is 0 Å². The van der Waals surface area contributed by atoms with Crippen molar-refractivity contribution in [2.24, 2.45) is 5.92 Å². The van der Waals surface area contributed by atoms with Crippen LogP contribution in [-0.2, 0) is 12.7 Å². The molecule has 0 spiro atoms. The molecule has 0 saturated carbocycles. The summed E-state index contributed by atoms with van der Waals surface area (Å²) in [6.07, 6.45) is -1.35. The lowest BCUT2D eigenvalue weighted by atomic mass is 10.00. The molecule has 0 aliphatic carbocycles. The van der Waals surface area contributed by atoms with Crippen LogP contribution in [0.1, 0.15) is 47.7 Å². The Morgan fingerprint density at radius 3 is 2.58 bits per heavy atom. The maximum atomic E-state index is 12.6. The third-order valence-corrected chi connectivity index (χ3v) is 5.71. The molecule has 1 aliphatic rings. The van der Waals surface area contributed by atoms with Gasteiger partial charge >= 0.3 is 6.18 Å². The normalized spacial score (nSPS) is 16.9. The highest BCUT2D eigenvalue weighted by Gasteiger charge is 2.30. The van der Waals surface area contributed by atoms with Gasteiger partial charge in [0, 0.05) is 25.2 Å². The summed E-state index contributed by atoms with van der Waals surface area (Å²) in [5, 5.41) is 2.69. The summed E-state index contributed by atoms with van der Waals surface area (Å²) in [6.45, 7) is 6.11. The van der Waals surface area contributed by atoms with Crippen molar-refractivity contribution >= 4 is 5.91 Å². The minimum Gasteiger partial charge on any atom is -0.493 e. The Kier molecular flexibility index (Phi) is 8.61. The van der Waals surface area contributed by atoms with Gasteiger partial charge in [0.2, 0.25) is 0 Å². The van der Waals surface area contributed by atoms with Crippen LogP contribution in [0.25, 0.3) is 0 Å². The number of halogens is 3. The van der Waals surface area contributed by atoms with E-state index in [0.717, 1.165) is 37.7 Å². The first-order valence-electron chi connectivity index (χ1n) is 11.2. The SMILES string of the molecule is COc1cc(CN2CCC[C@H](C)C2)ccc1OCCCNC(=O)c1ccc(C(F)(F)F)cc1. The van der Waals surface area contributed by atoms with E-state index in [1.807, 2.05) is 18.2 Å². The molecule has 3 rings (SSSR count). The van der Waals surface area contributed by atoms with Crippen LogP contribution in [0.5, 0.6) is 11.5 Å². The van der Waals surface area contributed by atoms with Gasteiger partial charge in [0.05, 0.1) is 19.3 Å². The minimum atomic E-state index is -4.42. The molecule has 5 nitrogen and oxygen atoms in total. The number of carbonyl (C=O) groups is 1. The Hall–Kier alpha value is -2.74. The van der Waals surface area contributed by atoms with Crippen LogP contribution in [0.2, 0.25) is 0 Å². The second kappa shape index (κ2) is 11.4. The number of likely N-dealkylation sites (tertiary alicyclic amines) is 1. The number of hydrogen-bond acceptors (Lipinski definition) is 4. The predicted octanol–water partition coefficient (Wildman–Crippen LogP) is 5.14. The zero-order valence-electron chi connectivity index (χ0n) is 19.1. The molecule has 33 heavy (non-hydrogen) atoms. The van der Waals surface area contributed by atoms with E-state index < -0.39 is 17.6 Å². The fraction of sp³-hybridized carbons (Fsp3) is 0.480. The predicted molar refractivity (Wildman–Crippen MR) is 121 cm³/mol. The largest absolute Gasteiger partial charge is 0.493 e. The molecule has 1 fully saturated rings. The molecule has 2 aromatic rings. The number of carbonyl (C=O) groups excluding carboxylic acids is 1. The van der Waals surface area contributed by atoms with Gasteiger partial charge in [-0.1, -0.05) is 13.0 Å². The molecule has 1 N–H and O–H groups in total. The number of amides is 1. The first-order chi connectivity index (χ1) is 15.8. The van der Waals surface area contributed by atoms with Gasteiger partial charge in [-0.3, -0.25) is 9.69 Å². The summed E-state index contributed by atoms with van der Waals surface area (Å²) in [4.78, 5) is 14.6. The molecule has 1 heterocycles. The second-order valence-electron chi connectivity index (χ2n) is 8.50. The van der Waals surface area contributed by atoms with Crippen LogP contribution in [0.3, 0.4) is 0 Å². The van der Waals surface area contributed by atoms with Gasteiger partial charge in [-0.2, -0.15) is 13.2 Å². The highest BCUT2D eigenvalue weighted by atomic mass is 19.4. The lowest BCUT2D eigenvalue weighted by molar-refractivity contribution is -0.137. The topological polar surface area (TPSA) is 50.8 Å². The van der Waals surface area contributed by atoms with Crippen molar-refractivity contribution < 1.29 is 27.4 Å². The number of benzene rings is 2. The molecule has 1 atom stereocenters. The van der Waals surface area contributed by atoms with Crippen LogP contribution < -0.4 is 14.8 Å². The number of methoxy groups -OCH3 is 1. The Bertz CT molecular complexity index is 916. The maximum absolute atomic E-state index is 12.6. The number of nitrogens with zero attached hydrogens (tertiary/aromatic N) is 1. The Balaban J connectivity index is 1.43. The Morgan fingerprint density at radius 1 is 1.15 bits per heavy atom. The average Bonchev–Trinajstić information content (AvgIpc) is 2.79. The van der Waals surface area contributed by atoms with Crippen molar-refractivity contribution in [3.05, 3.63) is 59.2 Å². The summed E-state index contributed by atoms with van der Waals surface area (Å²) in [5.41, 5.74) is 0.583. The molecule has 180 valence electrons. The van der Waals surface area contributed by atoms with Gasteiger partial charge < -0.3 is 14.8 Å². The van der Waals surface area contributed by atoms with Crippen molar-refractivity contribution in [1.29, 1.82) is 0 Å². The molecule has 0 unspecified atom stereocenters. The van der Waals surface area contributed by atoms with Crippen LogP contribution in [0, 0.1) is 5.92 Å². The zero-order chi connectivity index (χ0) is 23.8. The number of piperidine rings is 1. The van der Waals surface area contributed by atoms with Crippen LogP contribution >= 0.6 is 0 Å². The number of rotatable bonds is 9. The first kappa shape index (κ1) is 24.9. The summed E-state index contributed by atoms with van der Waals surface area (Å²) < 4.78 is 49.2. The van der Waals surface area contributed by atoms with Gasteiger partial charge in [0.15, 0.2) is 11.5 Å². The maximum Gasteiger partial charge on any atom is 0.416 e. The standard InChI is InChI=1S/C25H31F3N2O3/c1-18-5-3-13-30(16-18)17-19-6-11-22(23(15-19)32-2)33-14-4-12-29-24(31)20-7-9-21(10-8-20)25(26,27)28/h6-11,15,18H,3-5,12-14,16-17H2,1-2H3,(H,29,31)/t18-/m0/s1. The van der Waals surface area contributed by atoms with Crippen molar-refractivity contribution in [2.45, 2.75) is 38.9 Å². The van der Waals surface area contributed by atoms with E-state index in [2.05, 4.69) is 17.1 Å². The van der Waals surface area contributed by atoms with Crippen molar-refractivity contribution in [3.63, 3.8) is 0 Å². The molecular weight excluding hydrogens is 433 g/mol. The van der Waals surface area contributed by atoms with E-state index in [4.69, 9.17) is 9.47 Å². The summed E-state index contributed by atoms with van der Waals surface area (Å²) in [5.74, 6) is 1.62. The van der Waals surface area contributed by atoms with Crippen LogP contribution in [-0.4, -0.2) is 44.2 Å². The van der Waals surface area contributed by atoms with E-state index in [9.17, 15) is 18.0 Å². The molecule has 0 radical (unpaired) electrons. The third-order valence-electron chi connectivity index (χ3n) is 5.71. The van der Waals surface area contributed by atoms with E-state index >= 15 is 0 Å². The molecule has 1 aliphatic heterocycles. The van der Waals surface area contributed by atoms with E-state index in [1.165, 1.54) is 30.5 Å². The highest BCUT2D eigenvalue weighted by molar-refractivity contribution is 5.94. The highest BCUT2D eigenvalue weighted by Crippen LogP contribution is 2.30. The van der Waals surface area contributed by atoms with Crippen molar-refractivity contribution in [1.82, 2.24) is 10.2 Å². The lowest BCUT2D eigenvalue weighted by Gasteiger charge is -2.30. The van der Waals surface area contributed by atoms with E-state index in [-0.39, 0.29) is 5.56 Å². The third kappa shape index (κ3) is 7.39. The molecule has 1 saturated heterocycles. The van der Waals surface area contributed by atoms with Gasteiger partial charge in [0.25, 0.3) is 5.91 Å². The summed E-state index contributed by atoms with van der Waals surface area (Å²) >= 11 is 0. The number of alkyl halides is 3. The fourth-order valence-corrected chi connectivity index (χ4v) is 3.99. The zero-order valence-corrected chi connectivity index (χ0v) is 19.1. The minimum absolute atomic E-state index is 0.185. The lowest BCUT2D eigenvalue weighted by Crippen LogP contribution is -2.33. The first-order valence-corrected chi connectivity index (χ1v) is 11.2. The number of ether oxygens (including phenoxy) is 2. The Morgan fingerprint density at radius 2 is 1.91 bits per heavy atom. The van der Waals surface area contributed by atoms with Gasteiger partial charge in [-0.15, -0.1) is 0 Å². The van der Waals surface area contributed by atoms with Gasteiger partial charge in [-0.25, -0.2) is 0 Å². The molecule has 8 heteroatoms. The van der Waals surface area contributed by atoms with E-state index in [0.29, 0.717) is 31.1 Å².